The van der Waals surface area contributed by atoms with Crippen molar-refractivity contribution in [3.05, 3.63) is 95.3 Å². The maximum atomic E-state index is 12.0. The van der Waals surface area contributed by atoms with Gasteiger partial charge in [-0.3, -0.25) is 9.78 Å². The summed E-state index contributed by atoms with van der Waals surface area (Å²) in [6.45, 7) is 0.475. The van der Waals surface area contributed by atoms with Crippen molar-refractivity contribution in [2.24, 2.45) is 0 Å². The molecule has 0 aliphatic rings. The van der Waals surface area contributed by atoms with Gasteiger partial charge in [-0.05, 0) is 53.6 Å². The number of benzene rings is 2. The summed E-state index contributed by atoms with van der Waals surface area (Å²) >= 11 is 5.85. The predicted molar refractivity (Wildman–Crippen MR) is 111 cm³/mol. The number of halogens is 1. The van der Waals surface area contributed by atoms with Gasteiger partial charge in [0.05, 0.1) is 0 Å². The number of carbonyl (C=O) groups excluding carboxylic acids is 1. The SMILES string of the molecule is CN(c1ccncc1)c1ccc(CNC(=O)C=Cc2ccc(Cl)cc2)cc1. The van der Waals surface area contributed by atoms with Crippen molar-refractivity contribution in [2.45, 2.75) is 6.54 Å². The molecule has 0 saturated carbocycles. The standard InChI is InChI=1S/C22H20ClN3O/c1-26(21-12-14-24-15-13-21)20-9-4-18(5-10-20)16-25-22(27)11-6-17-2-7-19(23)8-3-17/h2-15H,16H2,1H3,(H,25,27). The summed E-state index contributed by atoms with van der Waals surface area (Å²) in [5.74, 6) is -0.136. The first-order chi connectivity index (χ1) is 13.1. The number of amides is 1. The van der Waals surface area contributed by atoms with Crippen LogP contribution >= 0.6 is 11.6 Å². The Bertz CT molecular complexity index is 907. The van der Waals surface area contributed by atoms with Gasteiger partial charge < -0.3 is 10.2 Å². The normalized spacial score (nSPS) is 10.7. The lowest BCUT2D eigenvalue weighted by Crippen LogP contribution is -2.20. The lowest BCUT2D eigenvalue weighted by Gasteiger charge is -2.19. The minimum absolute atomic E-state index is 0.136. The number of hydrogen-bond acceptors (Lipinski definition) is 3. The average molecular weight is 378 g/mol. The fourth-order valence-electron chi connectivity index (χ4n) is 2.55. The molecule has 3 aromatic rings. The Hall–Kier alpha value is -3.11. The summed E-state index contributed by atoms with van der Waals surface area (Å²) in [5, 5.41) is 3.56. The highest BCUT2D eigenvalue weighted by atomic mass is 35.5. The van der Waals surface area contributed by atoms with E-state index in [0.717, 1.165) is 22.5 Å². The van der Waals surface area contributed by atoms with Crippen LogP contribution in [0.4, 0.5) is 11.4 Å². The molecule has 3 rings (SSSR count). The van der Waals surface area contributed by atoms with Crippen LogP contribution in [0.25, 0.3) is 6.08 Å². The number of anilines is 2. The van der Waals surface area contributed by atoms with Crippen molar-refractivity contribution in [2.75, 3.05) is 11.9 Å². The van der Waals surface area contributed by atoms with Crippen LogP contribution in [0.15, 0.2) is 79.1 Å². The van der Waals surface area contributed by atoms with Crippen molar-refractivity contribution >= 4 is 35.0 Å². The number of nitrogens with zero attached hydrogens (tertiary/aromatic N) is 2. The Morgan fingerprint density at radius 3 is 2.30 bits per heavy atom. The van der Waals surface area contributed by atoms with E-state index in [-0.39, 0.29) is 5.91 Å². The molecule has 0 saturated heterocycles. The molecule has 4 nitrogen and oxygen atoms in total. The first kappa shape index (κ1) is 18.7. The third-order valence-corrected chi connectivity index (χ3v) is 4.39. The predicted octanol–water partition coefficient (Wildman–Crippen LogP) is 4.83. The summed E-state index contributed by atoms with van der Waals surface area (Å²) in [6.07, 6.45) is 6.83. The highest BCUT2D eigenvalue weighted by molar-refractivity contribution is 6.30. The van der Waals surface area contributed by atoms with Crippen LogP contribution in [0.1, 0.15) is 11.1 Å². The highest BCUT2D eigenvalue weighted by Crippen LogP contribution is 2.22. The van der Waals surface area contributed by atoms with E-state index in [0.29, 0.717) is 11.6 Å². The van der Waals surface area contributed by atoms with Gasteiger partial charge in [-0.2, -0.15) is 0 Å². The Morgan fingerprint density at radius 1 is 1.00 bits per heavy atom. The number of pyridine rings is 1. The zero-order valence-electron chi connectivity index (χ0n) is 15.0. The smallest absolute Gasteiger partial charge is 0.244 e. The molecule has 0 aliphatic heterocycles. The Balaban J connectivity index is 1.54. The quantitative estimate of drug-likeness (QED) is 0.625. The van der Waals surface area contributed by atoms with E-state index < -0.39 is 0 Å². The molecule has 0 spiro atoms. The molecule has 5 heteroatoms. The molecule has 0 atom stereocenters. The number of rotatable bonds is 6. The van der Waals surface area contributed by atoms with Crippen LogP contribution in [0.5, 0.6) is 0 Å². The van der Waals surface area contributed by atoms with Gasteiger partial charge in [0.2, 0.25) is 5.91 Å². The fraction of sp³-hybridized carbons (Fsp3) is 0.0909. The maximum absolute atomic E-state index is 12.0. The Kier molecular flexibility index (Phi) is 6.23. The minimum atomic E-state index is -0.136. The molecule has 1 amide bonds. The second-order valence-electron chi connectivity index (χ2n) is 6.03. The molecule has 136 valence electrons. The second-order valence-corrected chi connectivity index (χ2v) is 6.47. The summed E-state index contributed by atoms with van der Waals surface area (Å²) in [7, 11) is 2.01. The summed E-state index contributed by atoms with van der Waals surface area (Å²) in [6, 6.07) is 19.3. The zero-order valence-corrected chi connectivity index (χ0v) is 15.7. The van der Waals surface area contributed by atoms with Gasteiger partial charge in [0.1, 0.15) is 0 Å². The van der Waals surface area contributed by atoms with Crippen LogP contribution in [-0.4, -0.2) is 17.9 Å². The number of hydrogen-bond donors (Lipinski definition) is 1. The van der Waals surface area contributed by atoms with Gasteiger partial charge in [0, 0.05) is 48.5 Å². The molecular weight excluding hydrogens is 358 g/mol. The van der Waals surface area contributed by atoms with Gasteiger partial charge in [0.15, 0.2) is 0 Å². The second kappa shape index (κ2) is 9.01. The van der Waals surface area contributed by atoms with Crippen molar-refractivity contribution in [3.63, 3.8) is 0 Å². The summed E-state index contributed by atoms with van der Waals surface area (Å²) in [5.41, 5.74) is 4.10. The number of carbonyl (C=O) groups is 1. The highest BCUT2D eigenvalue weighted by Gasteiger charge is 2.04. The average Bonchev–Trinajstić information content (AvgIpc) is 2.72. The molecule has 1 heterocycles. The molecule has 0 bridgehead atoms. The Morgan fingerprint density at radius 2 is 1.63 bits per heavy atom. The molecule has 0 radical (unpaired) electrons. The first-order valence-electron chi connectivity index (χ1n) is 8.56. The monoisotopic (exact) mass is 377 g/mol. The number of aromatic nitrogens is 1. The van der Waals surface area contributed by atoms with Crippen molar-refractivity contribution in [1.29, 1.82) is 0 Å². The third kappa shape index (κ3) is 5.43. The van der Waals surface area contributed by atoms with Crippen molar-refractivity contribution in [1.82, 2.24) is 10.3 Å². The van der Waals surface area contributed by atoms with Crippen molar-refractivity contribution in [3.8, 4) is 0 Å². The molecule has 1 aromatic heterocycles. The van der Waals surface area contributed by atoms with Crippen LogP contribution < -0.4 is 10.2 Å². The fourth-order valence-corrected chi connectivity index (χ4v) is 2.67. The van der Waals surface area contributed by atoms with E-state index in [1.54, 1.807) is 30.6 Å². The van der Waals surface area contributed by atoms with Gasteiger partial charge in [0.25, 0.3) is 0 Å². The van der Waals surface area contributed by atoms with Crippen LogP contribution in [0, 0.1) is 0 Å². The molecule has 0 unspecified atom stereocenters. The topological polar surface area (TPSA) is 45.2 Å². The summed E-state index contributed by atoms with van der Waals surface area (Å²) in [4.78, 5) is 18.1. The van der Waals surface area contributed by atoms with Crippen LogP contribution in [-0.2, 0) is 11.3 Å². The number of nitrogens with one attached hydrogen (secondary N) is 1. The van der Waals surface area contributed by atoms with E-state index >= 15 is 0 Å². The first-order valence-corrected chi connectivity index (χ1v) is 8.94. The van der Waals surface area contributed by atoms with Crippen molar-refractivity contribution < 1.29 is 4.79 Å². The van der Waals surface area contributed by atoms with E-state index in [1.807, 2.05) is 55.6 Å². The van der Waals surface area contributed by atoms with E-state index in [1.165, 1.54) is 6.08 Å². The van der Waals surface area contributed by atoms with Gasteiger partial charge in [-0.1, -0.05) is 35.9 Å². The molecule has 1 N–H and O–H groups in total. The van der Waals surface area contributed by atoms with E-state index in [9.17, 15) is 4.79 Å². The molecule has 27 heavy (non-hydrogen) atoms. The Labute approximate surface area is 164 Å². The van der Waals surface area contributed by atoms with Crippen LogP contribution in [0.3, 0.4) is 0 Å². The molecule has 0 aliphatic carbocycles. The van der Waals surface area contributed by atoms with Crippen LogP contribution in [0.2, 0.25) is 5.02 Å². The largest absolute Gasteiger partial charge is 0.348 e. The lowest BCUT2D eigenvalue weighted by molar-refractivity contribution is -0.116. The van der Waals surface area contributed by atoms with Gasteiger partial charge in [-0.25, -0.2) is 0 Å². The zero-order chi connectivity index (χ0) is 19.1. The minimum Gasteiger partial charge on any atom is -0.348 e. The third-order valence-electron chi connectivity index (χ3n) is 4.14. The van der Waals surface area contributed by atoms with Gasteiger partial charge in [-0.15, -0.1) is 0 Å². The molecule has 0 fully saturated rings. The molecular formula is C22H20ClN3O. The maximum Gasteiger partial charge on any atom is 0.244 e. The van der Waals surface area contributed by atoms with E-state index in [4.69, 9.17) is 11.6 Å². The summed E-state index contributed by atoms with van der Waals surface area (Å²) < 4.78 is 0. The lowest BCUT2D eigenvalue weighted by atomic mass is 10.2. The van der Waals surface area contributed by atoms with E-state index in [2.05, 4.69) is 15.2 Å². The van der Waals surface area contributed by atoms with Gasteiger partial charge >= 0.3 is 0 Å². The molecule has 2 aromatic carbocycles.